The van der Waals surface area contributed by atoms with E-state index in [1.54, 1.807) is 6.07 Å². The van der Waals surface area contributed by atoms with Crippen molar-refractivity contribution in [3.63, 3.8) is 0 Å². The zero-order valence-corrected chi connectivity index (χ0v) is 10.5. The number of anilines is 1. The van der Waals surface area contributed by atoms with Gasteiger partial charge in [0, 0.05) is 24.8 Å². The number of nitrogens with zero attached hydrogens (tertiary/aromatic N) is 1. The van der Waals surface area contributed by atoms with Gasteiger partial charge in [-0.1, -0.05) is 0 Å². The van der Waals surface area contributed by atoms with Crippen molar-refractivity contribution in [3.05, 3.63) is 17.8 Å². The first-order valence-corrected chi connectivity index (χ1v) is 6.22. The minimum Gasteiger partial charge on any atom is -0.504 e. The number of rotatable bonds is 2. The standard InChI is InChI=1S/C13H18N2O3/c1-9-4-5-11(16)12(14-9)15-13(17)10-3-2-7-18-8-6-10/h4-5,10,16H,2-3,6-8H2,1H3,(H,14,15,17). The molecule has 1 aromatic rings. The summed E-state index contributed by atoms with van der Waals surface area (Å²) in [5.74, 6) is 0.0899. The number of carbonyl (C=O) groups excluding carboxylic acids is 1. The maximum absolute atomic E-state index is 12.1. The fourth-order valence-corrected chi connectivity index (χ4v) is 2.03. The summed E-state index contributed by atoms with van der Waals surface area (Å²) in [6, 6.07) is 3.23. The molecule has 18 heavy (non-hydrogen) atoms. The molecule has 1 amide bonds. The van der Waals surface area contributed by atoms with Crippen LogP contribution in [0.5, 0.6) is 5.75 Å². The lowest BCUT2D eigenvalue weighted by Gasteiger charge is -2.13. The van der Waals surface area contributed by atoms with Crippen molar-refractivity contribution >= 4 is 11.7 Å². The first-order chi connectivity index (χ1) is 8.66. The van der Waals surface area contributed by atoms with Crippen LogP contribution in [0, 0.1) is 12.8 Å². The molecule has 0 spiro atoms. The number of aryl methyl sites for hydroxylation is 1. The van der Waals surface area contributed by atoms with E-state index in [-0.39, 0.29) is 23.4 Å². The van der Waals surface area contributed by atoms with E-state index in [0.29, 0.717) is 6.61 Å². The van der Waals surface area contributed by atoms with Crippen LogP contribution in [0.25, 0.3) is 0 Å². The highest BCUT2D eigenvalue weighted by atomic mass is 16.5. The molecule has 98 valence electrons. The Hall–Kier alpha value is -1.62. The van der Waals surface area contributed by atoms with Gasteiger partial charge < -0.3 is 15.2 Å². The summed E-state index contributed by atoms with van der Waals surface area (Å²) in [6.07, 6.45) is 2.43. The smallest absolute Gasteiger partial charge is 0.228 e. The van der Waals surface area contributed by atoms with Crippen LogP contribution >= 0.6 is 0 Å². The SMILES string of the molecule is Cc1ccc(O)c(NC(=O)C2CCCOCC2)n1. The number of hydrogen-bond acceptors (Lipinski definition) is 4. The summed E-state index contributed by atoms with van der Waals surface area (Å²) in [4.78, 5) is 16.2. The molecule has 0 aromatic carbocycles. The van der Waals surface area contributed by atoms with Gasteiger partial charge in [-0.3, -0.25) is 4.79 Å². The van der Waals surface area contributed by atoms with E-state index in [9.17, 15) is 9.90 Å². The van der Waals surface area contributed by atoms with E-state index in [0.717, 1.165) is 31.6 Å². The minimum atomic E-state index is -0.0890. The van der Waals surface area contributed by atoms with Crippen molar-refractivity contribution in [3.8, 4) is 5.75 Å². The monoisotopic (exact) mass is 250 g/mol. The quantitative estimate of drug-likeness (QED) is 0.840. The van der Waals surface area contributed by atoms with Gasteiger partial charge in [0.2, 0.25) is 5.91 Å². The third kappa shape index (κ3) is 3.20. The fraction of sp³-hybridized carbons (Fsp3) is 0.538. The lowest BCUT2D eigenvalue weighted by molar-refractivity contribution is -0.120. The molecule has 2 N–H and O–H groups in total. The molecule has 0 bridgehead atoms. The van der Waals surface area contributed by atoms with Gasteiger partial charge in [-0.05, 0) is 38.3 Å². The van der Waals surface area contributed by atoms with E-state index in [2.05, 4.69) is 10.3 Å². The highest BCUT2D eigenvalue weighted by Crippen LogP contribution is 2.23. The lowest BCUT2D eigenvalue weighted by atomic mass is 10.00. The largest absolute Gasteiger partial charge is 0.504 e. The highest BCUT2D eigenvalue weighted by Gasteiger charge is 2.21. The summed E-state index contributed by atoms with van der Waals surface area (Å²) >= 11 is 0. The summed E-state index contributed by atoms with van der Waals surface area (Å²) < 4.78 is 5.32. The molecule has 5 nitrogen and oxygen atoms in total. The van der Waals surface area contributed by atoms with Crippen molar-refractivity contribution < 1.29 is 14.6 Å². The molecule has 1 saturated heterocycles. The highest BCUT2D eigenvalue weighted by molar-refractivity contribution is 5.92. The molecule has 2 rings (SSSR count). The van der Waals surface area contributed by atoms with E-state index in [4.69, 9.17) is 4.74 Å². The van der Waals surface area contributed by atoms with Crippen LogP contribution < -0.4 is 5.32 Å². The van der Waals surface area contributed by atoms with Crippen molar-refractivity contribution in [2.45, 2.75) is 26.2 Å². The molecule has 2 heterocycles. The summed E-state index contributed by atoms with van der Waals surface area (Å²) in [5, 5.41) is 12.3. The maximum atomic E-state index is 12.1. The molecule has 0 radical (unpaired) electrons. The second kappa shape index (κ2) is 5.82. The van der Waals surface area contributed by atoms with Crippen LogP contribution in [0.3, 0.4) is 0 Å². The van der Waals surface area contributed by atoms with E-state index < -0.39 is 0 Å². The van der Waals surface area contributed by atoms with Gasteiger partial charge in [0.1, 0.15) is 0 Å². The number of aromatic nitrogens is 1. The first-order valence-electron chi connectivity index (χ1n) is 6.22. The predicted octanol–water partition coefficient (Wildman–Crippen LogP) is 1.85. The Morgan fingerprint density at radius 2 is 2.28 bits per heavy atom. The Morgan fingerprint density at radius 3 is 3.11 bits per heavy atom. The van der Waals surface area contributed by atoms with Crippen molar-refractivity contribution in [2.75, 3.05) is 18.5 Å². The van der Waals surface area contributed by atoms with Crippen molar-refractivity contribution in [1.29, 1.82) is 0 Å². The van der Waals surface area contributed by atoms with Crippen LogP contribution in [0.2, 0.25) is 0 Å². The molecule has 1 aliphatic rings. The number of hydrogen-bond donors (Lipinski definition) is 2. The van der Waals surface area contributed by atoms with Crippen LogP contribution in [0.4, 0.5) is 5.82 Å². The third-order valence-corrected chi connectivity index (χ3v) is 3.08. The maximum Gasteiger partial charge on any atom is 0.228 e. The summed E-state index contributed by atoms with van der Waals surface area (Å²) in [5.41, 5.74) is 0.757. The molecule has 1 aromatic heterocycles. The molecule has 0 saturated carbocycles. The van der Waals surface area contributed by atoms with Gasteiger partial charge in [0.25, 0.3) is 0 Å². The number of aromatic hydroxyl groups is 1. The number of pyridine rings is 1. The molecule has 5 heteroatoms. The predicted molar refractivity (Wildman–Crippen MR) is 67.4 cm³/mol. The number of nitrogens with one attached hydrogen (secondary N) is 1. The fourth-order valence-electron chi connectivity index (χ4n) is 2.03. The second-order valence-corrected chi connectivity index (χ2v) is 4.55. The van der Waals surface area contributed by atoms with Gasteiger partial charge in [-0.15, -0.1) is 0 Å². The third-order valence-electron chi connectivity index (χ3n) is 3.08. The Morgan fingerprint density at radius 1 is 1.44 bits per heavy atom. The molecule has 1 fully saturated rings. The molecule has 1 aliphatic heterocycles. The Labute approximate surface area is 106 Å². The van der Waals surface area contributed by atoms with Gasteiger partial charge in [-0.25, -0.2) is 4.98 Å². The number of ether oxygens (including phenoxy) is 1. The van der Waals surface area contributed by atoms with Gasteiger partial charge in [-0.2, -0.15) is 0 Å². The molecule has 0 aliphatic carbocycles. The Kier molecular flexibility index (Phi) is 4.15. The van der Waals surface area contributed by atoms with Crippen LogP contribution in [0.1, 0.15) is 25.0 Å². The van der Waals surface area contributed by atoms with E-state index in [1.165, 1.54) is 6.07 Å². The molecular formula is C13H18N2O3. The zero-order valence-electron chi connectivity index (χ0n) is 10.5. The van der Waals surface area contributed by atoms with Crippen LogP contribution in [-0.4, -0.2) is 29.2 Å². The summed E-state index contributed by atoms with van der Waals surface area (Å²) in [7, 11) is 0. The van der Waals surface area contributed by atoms with Crippen LogP contribution in [-0.2, 0) is 9.53 Å². The molecule has 1 unspecified atom stereocenters. The topological polar surface area (TPSA) is 71.5 Å². The first kappa shape index (κ1) is 12.8. The van der Waals surface area contributed by atoms with Gasteiger partial charge >= 0.3 is 0 Å². The normalized spacial score (nSPS) is 20.2. The molecule has 1 atom stereocenters. The van der Waals surface area contributed by atoms with Crippen molar-refractivity contribution in [2.24, 2.45) is 5.92 Å². The van der Waals surface area contributed by atoms with Crippen LogP contribution in [0.15, 0.2) is 12.1 Å². The zero-order chi connectivity index (χ0) is 13.0. The van der Waals surface area contributed by atoms with Crippen molar-refractivity contribution in [1.82, 2.24) is 4.98 Å². The minimum absolute atomic E-state index is 0.00109. The average Bonchev–Trinajstić information content (AvgIpc) is 2.62. The second-order valence-electron chi connectivity index (χ2n) is 4.55. The Balaban J connectivity index is 2.03. The molecular weight excluding hydrogens is 232 g/mol. The van der Waals surface area contributed by atoms with Gasteiger partial charge in [0.05, 0.1) is 0 Å². The van der Waals surface area contributed by atoms with Gasteiger partial charge in [0.15, 0.2) is 11.6 Å². The summed E-state index contributed by atoms with van der Waals surface area (Å²) in [6.45, 7) is 3.15. The lowest BCUT2D eigenvalue weighted by Crippen LogP contribution is -2.23. The number of amides is 1. The number of carbonyl (C=O) groups is 1. The Bertz CT molecular complexity index is 426. The average molecular weight is 250 g/mol. The van der Waals surface area contributed by atoms with E-state index in [1.807, 2.05) is 6.92 Å². The van der Waals surface area contributed by atoms with E-state index >= 15 is 0 Å².